The maximum absolute atomic E-state index is 8.93. The van der Waals surface area contributed by atoms with E-state index in [9.17, 15) is 0 Å². The standard InChI is InChI=1S/C8H14N2O2/c1-2-10-8(5-9)6-11-3-4-12-7-8/h10H,2-4,6-7H2,1H3. The molecule has 1 rings (SSSR count). The SMILES string of the molecule is CCNC1(C#N)COCCOC1. The predicted molar refractivity (Wildman–Crippen MR) is 43.7 cm³/mol. The minimum Gasteiger partial charge on any atom is -0.376 e. The van der Waals surface area contributed by atoms with E-state index in [-0.39, 0.29) is 0 Å². The van der Waals surface area contributed by atoms with Gasteiger partial charge in [-0.25, -0.2) is 0 Å². The highest BCUT2D eigenvalue weighted by molar-refractivity contribution is 5.07. The Hall–Kier alpha value is -0.630. The van der Waals surface area contributed by atoms with E-state index in [0.29, 0.717) is 26.4 Å². The molecule has 0 saturated carbocycles. The third-order valence-corrected chi connectivity index (χ3v) is 1.80. The van der Waals surface area contributed by atoms with E-state index in [0.717, 1.165) is 6.54 Å². The molecule has 0 aliphatic carbocycles. The van der Waals surface area contributed by atoms with Crippen LogP contribution in [-0.4, -0.2) is 38.5 Å². The van der Waals surface area contributed by atoms with Crippen LogP contribution in [0.3, 0.4) is 0 Å². The van der Waals surface area contributed by atoms with Crippen LogP contribution >= 0.6 is 0 Å². The second-order valence-corrected chi connectivity index (χ2v) is 2.83. The fourth-order valence-corrected chi connectivity index (χ4v) is 1.20. The highest BCUT2D eigenvalue weighted by Crippen LogP contribution is 2.08. The van der Waals surface area contributed by atoms with E-state index < -0.39 is 5.54 Å². The molecule has 68 valence electrons. The summed E-state index contributed by atoms with van der Waals surface area (Å²) in [5.41, 5.74) is -0.634. The molecular weight excluding hydrogens is 156 g/mol. The Balaban J connectivity index is 2.56. The van der Waals surface area contributed by atoms with Gasteiger partial charge in [0.25, 0.3) is 0 Å². The number of hydrogen-bond acceptors (Lipinski definition) is 4. The lowest BCUT2D eigenvalue weighted by Gasteiger charge is -2.23. The first-order valence-corrected chi connectivity index (χ1v) is 4.15. The Morgan fingerprint density at radius 2 is 2.00 bits per heavy atom. The highest BCUT2D eigenvalue weighted by atomic mass is 16.5. The van der Waals surface area contributed by atoms with Gasteiger partial charge in [-0.2, -0.15) is 5.26 Å². The Morgan fingerprint density at radius 3 is 2.42 bits per heavy atom. The molecule has 4 heteroatoms. The van der Waals surface area contributed by atoms with Crippen molar-refractivity contribution in [3.05, 3.63) is 0 Å². The molecule has 1 heterocycles. The van der Waals surface area contributed by atoms with E-state index in [1.54, 1.807) is 0 Å². The average Bonchev–Trinajstić information content (AvgIpc) is 2.32. The van der Waals surface area contributed by atoms with Crippen LogP contribution in [0.15, 0.2) is 0 Å². The van der Waals surface area contributed by atoms with Crippen molar-refractivity contribution in [2.75, 3.05) is 33.0 Å². The molecule has 12 heavy (non-hydrogen) atoms. The first-order valence-electron chi connectivity index (χ1n) is 4.15. The third-order valence-electron chi connectivity index (χ3n) is 1.80. The molecule has 1 saturated heterocycles. The summed E-state index contributed by atoms with van der Waals surface area (Å²) < 4.78 is 10.5. The van der Waals surface area contributed by atoms with E-state index >= 15 is 0 Å². The van der Waals surface area contributed by atoms with Gasteiger partial charge < -0.3 is 9.47 Å². The summed E-state index contributed by atoms with van der Waals surface area (Å²) >= 11 is 0. The Labute approximate surface area is 72.5 Å². The Morgan fingerprint density at radius 1 is 1.42 bits per heavy atom. The molecule has 0 radical (unpaired) electrons. The molecule has 0 aromatic rings. The van der Waals surface area contributed by atoms with Crippen molar-refractivity contribution in [1.29, 1.82) is 5.26 Å². The van der Waals surface area contributed by atoms with Gasteiger partial charge in [-0.3, -0.25) is 5.32 Å². The van der Waals surface area contributed by atoms with Gasteiger partial charge in [0.1, 0.15) is 0 Å². The van der Waals surface area contributed by atoms with Gasteiger partial charge in [-0.05, 0) is 6.54 Å². The summed E-state index contributed by atoms with van der Waals surface area (Å²) in [5.74, 6) is 0. The van der Waals surface area contributed by atoms with Crippen LogP contribution in [0.1, 0.15) is 6.92 Å². The van der Waals surface area contributed by atoms with Crippen molar-refractivity contribution in [2.45, 2.75) is 12.5 Å². The van der Waals surface area contributed by atoms with Crippen molar-refractivity contribution >= 4 is 0 Å². The maximum atomic E-state index is 8.93. The summed E-state index contributed by atoms with van der Waals surface area (Å²) in [7, 11) is 0. The molecule has 0 atom stereocenters. The first kappa shape index (κ1) is 9.46. The number of likely N-dealkylation sites (N-methyl/N-ethyl adjacent to an activating group) is 1. The summed E-state index contributed by atoms with van der Waals surface area (Å²) in [5, 5.41) is 12.0. The van der Waals surface area contributed by atoms with E-state index in [1.807, 2.05) is 6.92 Å². The normalized spacial score (nSPS) is 22.7. The fraction of sp³-hybridized carbons (Fsp3) is 0.875. The summed E-state index contributed by atoms with van der Waals surface area (Å²) in [6.45, 7) is 4.70. The van der Waals surface area contributed by atoms with Crippen LogP contribution in [0.2, 0.25) is 0 Å². The van der Waals surface area contributed by atoms with Gasteiger partial charge in [0.05, 0.1) is 32.5 Å². The third kappa shape index (κ3) is 2.18. The van der Waals surface area contributed by atoms with Crippen molar-refractivity contribution in [3.8, 4) is 6.07 Å². The van der Waals surface area contributed by atoms with Gasteiger partial charge in [0.15, 0.2) is 5.54 Å². The molecule has 0 aromatic heterocycles. The van der Waals surface area contributed by atoms with Gasteiger partial charge in [-0.1, -0.05) is 6.92 Å². The number of nitrogens with one attached hydrogen (secondary N) is 1. The van der Waals surface area contributed by atoms with Gasteiger partial charge in [-0.15, -0.1) is 0 Å². The largest absolute Gasteiger partial charge is 0.376 e. The van der Waals surface area contributed by atoms with Crippen molar-refractivity contribution in [2.24, 2.45) is 0 Å². The number of rotatable bonds is 2. The number of hydrogen-bond donors (Lipinski definition) is 1. The van der Waals surface area contributed by atoms with Crippen molar-refractivity contribution in [1.82, 2.24) is 5.32 Å². The van der Waals surface area contributed by atoms with Gasteiger partial charge >= 0.3 is 0 Å². The molecule has 0 bridgehead atoms. The van der Waals surface area contributed by atoms with Crippen molar-refractivity contribution in [3.63, 3.8) is 0 Å². The molecular formula is C8H14N2O2. The highest BCUT2D eigenvalue weighted by Gasteiger charge is 2.31. The number of nitriles is 1. The summed E-state index contributed by atoms with van der Waals surface area (Å²) in [6, 6.07) is 2.20. The second kappa shape index (κ2) is 4.41. The molecule has 4 nitrogen and oxygen atoms in total. The fourth-order valence-electron chi connectivity index (χ4n) is 1.20. The number of ether oxygens (including phenoxy) is 2. The minimum atomic E-state index is -0.634. The molecule has 1 fully saturated rings. The lowest BCUT2D eigenvalue weighted by Crippen LogP contribution is -2.50. The smallest absolute Gasteiger partial charge is 0.153 e. The Kier molecular flexibility index (Phi) is 3.48. The topological polar surface area (TPSA) is 54.3 Å². The van der Waals surface area contributed by atoms with Crippen LogP contribution < -0.4 is 5.32 Å². The molecule has 0 amide bonds. The van der Waals surface area contributed by atoms with E-state index in [1.165, 1.54) is 0 Å². The average molecular weight is 170 g/mol. The van der Waals surface area contributed by atoms with Crippen LogP contribution in [0.25, 0.3) is 0 Å². The van der Waals surface area contributed by atoms with Crippen molar-refractivity contribution < 1.29 is 9.47 Å². The Bertz CT molecular complexity index is 168. The second-order valence-electron chi connectivity index (χ2n) is 2.83. The quantitative estimate of drug-likeness (QED) is 0.629. The zero-order valence-electron chi connectivity index (χ0n) is 7.30. The van der Waals surface area contributed by atoms with Gasteiger partial charge in [0, 0.05) is 0 Å². The lowest BCUT2D eigenvalue weighted by atomic mass is 10.1. The monoisotopic (exact) mass is 170 g/mol. The molecule has 0 aromatic carbocycles. The molecule has 1 N–H and O–H groups in total. The summed E-state index contributed by atoms with van der Waals surface area (Å²) in [4.78, 5) is 0. The summed E-state index contributed by atoms with van der Waals surface area (Å²) in [6.07, 6.45) is 0. The predicted octanol–water partition coefficient (Wildman–Crippen LogP) is -0.0949. The van der Waals surface area contributed by atoms with Crippen LogP contribution in [0, 0.1) is 11.3 Å². The molecule has 1 aliphatic rings. The maximum Gasteiger partial charge on any atom is 0.153 e. The van der Waals surface area contributed by atoms with Crippen LogP contribution in [-0.2, 0) is 9.47 Å². The lowest BCUT2D eigenvalue weighted by molar-refractivity contribution is 0.103. The molecule has 0 spiro atoms. The van der Waals surface area contributed by atoms with Crippen LogP contribution in [0.4, 0.5) is 0 Å². The zero-order chi connectivity index (χ0) is 8.86. The molecule has 1 aliphatic heterocycles. The molecule has 0 unspecified atom stereocenters. The van der Waals surface area contributed by atoms with E-state index in [2.05, 4.69) is 11.4 Å². The first-order chi connectivity index (χ1) is 5.83. The minimum absolute atomic E-state index is 0.414. The van der Waals surface area contributed by atoms with E-state index in [4.69, 9.17) is 14.7 Å². The zero-order valence-corrected chi connectivity index (χ0v) is 7.30. The number of nitrogens with zero attached hydrogens (tertiary/aromatic N) is 1. The van der Waals surface area contributed by atoms with Gasteiger partial charge in [0.2, 0.25) is 0 Å². The van der Waals surface area contributed by atoms with Crippen LogP contribution in [0.5, 0.6) is 0 Å².